The van der Waals surface area contributed by atoms with Gasteiger partial charge in [-0.05, 0) is 0 Å². The minimum atomic E-state index is -1.09. The molecule has 0 nitrogen and oxygen atoms in total. The van der Waals surface area contributed by atoms with E-state index in [0.29, 0.717) is 0 Å². The number of rotatable bonds is 0. The normalized spacial score (nSPS) is 30.9. The molecule has 0 bridgehead atoms. The van der Waals surface area contributed by atoms with Gasteiger partial charge in [-0.1, -0.05) is 0 Å². The molecule has 0 unspecified atom stereocenters. The second kappa shape index (κ2) is 4.24. The van der Waals surface area contributed by atoms with Crippen LogP contribution in [0.3, 0.4) is 0 Å². The van der Waals surface area contributed by atoms with Gasteiger partial charge in [-0.3, -0.25) is 0 Å². The molecule has 0 atom stereocenters. The summed E-state index contributed by atoms with van der Waals surface area (Å²) in [6.45, 7) is 0. The number of hydrogen-bond acceptors (Lipinski definition) is 0. The SMILES string of the molecule is [I][Pt]1([I])[CH2]CCCC[CH2]1. The standard InChI is InChI=1S/C6H12.2HI.Pt/c1-3-5-6-4-2;;;/h1-6H2;2*1H;/q;;;+2/p-2. The summed E-state index contributed by atoms with van der Waals surface area (Å²) in [5.41, 5.74) is 0. The Hall–Kier alpha value is 2.15. The van der Waals surface area contributed by atoms with Gasteiger partial charge in [0.15, 0.2) is 0 Å². The van der Waals surface area contributed by atoms with E-state index in [0.717, 1.165) is 0 Å². The molecule has 0 aliphatic carbocycles. The Bertz CT molecular complexity index is 83.1. The van der Waals surface area contributed by atoms with Gasteiger partial charge in [0.25, 0.3) is 0 Å². The van der Waals surface area contributed by atoms with E-state index in [4.69, 9.17) is 0 Å². The quantitative estimate of drug-likeness (QED) is 0.409. The zero-order valence-electron chi connectivity index (χ0n) is 5.31. The van der Waals surface area contributed by atoms with Crippen LogP contribution in [0.1, 0.15) is 25.7 Å². The first-order chi connectivity index (χ1) is 4.21. The molecule has 3 heteroatoms. The van der Waals surface area contributed by atoms with Crippen LogP contribution in [0.5, 0.6) is 0 Å². The molecule has 1 rings (SSSR count). The van der Waals surface area contributed by atoms with Crippen LogP contribution in [0.4, 0.5) is 0 Å². The molecule has 60 valence electrons. The van der Waals surface area contributed by atoms with Crippen molar-refractivity contribution in [3.05, 3.63) is 0 Å². The van der Waals surface area contributed by atoms with Crippen molar-refractivity contribution in [2.24, 2.45) is 0 Å². The van der Waals surface area contributed by atoms with Crippen LogP contribution >= 0.6 is 38.7 Å². The summed E-state index contributed by atoms with van der Waals surface area (Å²) in [6.07, 6.45) is 6.08. The molecule has 0 aromatic rings. The van der Waals surface area contributed by atoms with Gasteiger partial charge in [-0.25, -0.2) is 0 Å². The molecule has 1 fully saturated rings. The monoisotopic (exact) mass is 533 g/mol. The van der Waals surface area contributed by atoms with Crippen molar-refractivity contribution in [3.8, 4) is 0 Å². The third kappa shape index (κ3) is 3.90. The fourth-order valence-corrected chi connectivity index (χ4v) is 12.9. The molecule has 1 saturated heterocycles. The molecule has 1 aliphatic rings. The fourth-order valence-electron chi connectivity index (χ4n) is 0.918. The van der Waals surface area contributed by atoms with Crippen LogP contribution < -0.4 is 0 Å². The van der Waals surface area contributed by atoms with Crippen molar-refractivity contribution >= 4 is 38.7 Å². The van der Waals surface area contributed by atoms with E-state index in [2.05, 4.69) is 38.7 Å². The fraction of sp³-hybridized carbons (Fsp3) is 1.00. The van der Waals surface area contributed by atoms with Crippen LogP contribution in [-0.2, 0) is 8.70 Å². The Morgan fingerprint density at radius 1 is 0.778 bits per heavy atom. The maximum absolute atomic E-state index is 2.78. The van der Waals surface area contributed by atoms with Gasteiger partial charge in [0.2, 0.25) is 0 Å². The number of hydrogen-bond donors (Lipinski definition) is 0. The Kier molecular flexibility index (Phi) is 4.36. The van der Waals surface area contributed by atoms with Gasteiger partial charge < -0.3 is 0 Å². The average Bonchev–Trinajstić information content (AvgIpc) is 1.92. The van der Waals surface area contributed by atoms with Crippen LogP contribution in [-0.4, -0.2) is 0 Å². The van der Waals surface area contributed by atoms with Gasteiger partial charge in [-0.15, -0.1) is 0 Å². The van der Waals surface area contributed by atoms with E-state index in [1.54, 1.807) is 9.62 Å². The molecule has 0 saturated carbocycles. The zero-order chi connectivity index (χ0) is 6.74. The molecule has 0 aromatic carbocycles. The third-order valence-electron chi connectivity index (χ3n) is 1.44. The first-order valence-electron chi connectivity index (χ1n) is 3.19. The van der Waals surface area contributed by atoms with Gasteiger partial charge in [0.05, 0.1) is 0 Å². The molecular weight excluding hydrogens is 521 g/mol. The topological polar surface area (TPSA) is 0 Å². The summed E-state index contributed by atoms with van der Waals surface area (Å²) in [5, 5.41) is 0. The molecule has 0 aromatic heterocycles. The van der Waals surface area contributed by atoms with Crippen molar-refractivity contribution in [1.29, 1.82) is 0 Å². The summed E-state index contributed by atoms with van der Waals surface area (Å²) in [7, 11) is -1.09. The molecule has 0 N–H and O–H groups in total. The van der Waals surface area contributed by atoms with Crippen LogP contribution in [0, 0.1) is 0 Å². The van der Waals surface area contributed by atoms with Crippen molar-refractivity contribution < 1.29 is 8.70 Å². The summed E-state index contributed by atoms with van der Waals surface area (Å²) in [4.78, 5) is 3.21. The Balaban J connectivity index is 2.36. The molecule has 0 amide bonds. The predicted molar refractivity (Wildman–Crippen MR) is 56.1 cm³/mol. The van der Waals surface area contributed by atoms with Crippen molar-refractivity contribution in [1.82, 2.24) is 0 Å². The maximum atomic E-state index is 2.78. The minimum absolute atomic E-state index is 1.09. The van der Waals surface area contributed by atoms with Crippen LogP contribution in [0.25, 0.3) is 0 Å². The summed E-state index contributed by atoms with van der Waals surface area (Å²) < 4.78 is 0. The summed E-state index contributed by atoms with van der Waals surface area (Å²) in [6, 6.07) is 0. The van der Waals surface area contributed by atoms with Crippen LogP contribution in [0.2, 0.25) is 9.62 Å². The summed E-state index contributed by atoms with van der Waals surface area (Å²) in [5.74, 6) is 0. The zero-order valence-corrected chi connectivity index (χ0v) is 11.9. The predicted octanol–water partition coefficient (Wildman–Crippen LogP) is 4.25. The van der Waals surface area contributed by atoms with E-state index in [9.17, 15) is 0 Å². The van der Waals surface area contributed by atoms with Gasteiger partial charge in [0, 0.05) is 0 Å². The number of halogens is 2. The Labute approximate surface area is 81.4 Å². The molecular formula is C6H12I2Pt. The Morgan fingerprint density at radius 3 is 1.67 bits per heavy atom. The van der Waals surface area contributed by atoms with Gasteiger partial charge in [0.1, 0.15) is 0 Å². The van der Waals surface area contributed by atoms with Crippen molar-refractivity contribution in [2.45, 2.75) is 35.3 Å². The van der Waals surface area contributed by atoms with E-state index < -0.39 is 8.70 Å². The first-order valence-corrected chi connectivity index (χ1v) is 19.3. The molecule has 0 radical (unpaired) electrons. The van der Waals surface area contributed by atoms with Crippen molar-refractivity contribution in [3.63, 3.8) is 0 Å². The molecule has 9 heavy (non-hydrogen) atoms. The average molecular weight is 533 g/mol. The van der Waals surface area contributed by atoms with Crippen molar-refractivity contribution in [2.75, 3.05) is 0 Å². The van der Waals surface area contributed by atoms with Gasteiger partial charge in [-0.2, -0.15) is 0 Å². The first kappa shape index (κ1) is 9.24. The second-order valence-electron chi connectivity index (χ2n) is 2.27. The van der Waals surface area contributed by atoms with E-state index in [1.807, 2.05) is 0 Å². The van der Waals surface area contributed by atoms with E-state index in [-0.39, 0.29) is 0 Å². The Morgan fingerprint density at radius 2 is 1.22 bits per heavy atom. The molecule has 0 spiro atoms. The third-order valence-corrected chi connectivity index (χ3v) is 17.5. The second-order valence-corrected chi connectivity index (χ2v) is 40.5. The summed E-state index contributed by atoms with van der Waals surface area (Å²) >= 11 is 5.57. The van der Waals surface area contributed by atoms with Crippen LogP contribution in [0.15, 0.2) is 0 Å². The van der Waals surface area contributed by atoms with E-state index in [1.165, 1.54) is 25.7 Å². The van der Waals surface area contributed by atoms with E-state index >= 15 is 0 Å². The molecule has 1 aliphatic heterocycles. The van der Waals surface area contributed by atoms with Gasteiger partial charge >= 0.3 is 82.7 Å². The molecule has 1 heterocycles.